The number of pyridine rings is 1. The van der Waals surface area contributed by atoms with E-state index in [1.54, 1.807) is 0 Å². The number of aryl methyl sites for hydroxylation is 1. The van der Waals surface area contributed by atoms with Gasteiger partial charge in [0.05, 0.1) is 5.54 Å². The van der Waals surface area contributed by atoms with Gasteiger partial charge in [0.25, 0.3) is 5.56 Å². The molecule has 1 N–H and O–H groups in total. The molecule has 0 aliphatic carbocycles. The number of aromatic nitrogens is 5. The summed E-state index contributed by atoms with van der Waals surface area (Å²) in [6, 6.07) is 8.02. The van der Waals surface area contributed by atoms with E-state index in [1.807, 2.05) is 16.8 Å². The minimum absolute atomic E-state index is 0.0655. The highest BCUT2D eigenvalue weighted by Crippen LogP contribution is 2.33. The summed E-state index contributed by atoms with van der Waals surface area (Å²) in [6.07, 6.45) is 4.07. The number of rotatable bonds is 6. The molecule has 1 saturated heterocycles. The molecule has 0 radical (unpaired) electrons. The number of fused-ring (bicyclic) bond motifs is 1. The van der Waals surface area contributed by atoms with Gasteiger partial charge in [0, 0.05) is 11.1 Å². The molecular formula is C24H34N6O. The topological polar surface area (TPSA) is 79.7 Å². The largest absolute Gasteiger partial charge is 0.322 e. The Bertz CT molecular complexity index is 1110. The van der Waals surface area contributed by atoms with E-state index >= 15 is 0 Å². The van der Waals surface area contributed by atoms with Crippen LogP contribution in [0.2, 0.25) is 0 Å². The number of piperidine rings is 1. The lowest BCUT2D eigenvalue weighted by Crippen LogP contribution is -2.41. The molecule has 1 aromatic carbocycles. The van der Waals surface area contributed by atoms with E-state index in [0.29, 0.717) is 5.92 Å². The Morgan fingerprint density at radius 1 is 1.19 bits per heavy atom. The Kier molecular flexibility index (Phi) is 5.97. The van der Waals surface area contributed by atoms with Gasteiger partial charge in [-0.15, -0.1) is 5.10 Å². The zero-order valence-electron chi connectivity index (χ0n) is 19.4. The Hall–Kier alpha value is -2.54. The van der Waals surface area contributed by atoms with Gasteiger partial charge in [-0.25, -0.2) is 4.68 Å². The van der Waals surface area contributed by atoms with Crippen molar-refractivity contribution < 1.29 is 0 Å². The van der Waals surface area contributed by atoms with Crippen LogP contribution in [0, 0.1) is 5.92 Å². The molecule has 166 valence electrons. The second-order valence-electron chi connectivity index (χ2n) is 9.56. The Morgan fingerprint density at radius 2 is 1.94 bits per heavy atom. The molecule has 1 aliphatic heterocycles. The third-order valence-corrected chi connectivity index (χ3v) is 7.00. The van der Waals surface area contributed by atoms with Gasteiger partial charge in [-0.3, -0.25) is 9.69 Å². The number of hydrogen-bond donors (Lipinski definition) is 1. The molecule has 7 nitrogen and oxygen atoms in total. The number of H-pyrrole nitrogens is 1. The number of nitrogens with one attached hydrogen (secondary N) is 1. The summed E-state index contributed by atoms with van der Waals surface area (Å²) >= 11 is 0. The molecule has 0 saturated carbocycles. The van der Waals surface area contributed by atoms with Crippen molar-refractivity contribution in [2.45, 2.75) is 71.9 Å². The van der Waals surface area contributed by atoms with Crippen LogP contribution in [0.15, 0.2) is 29.1 Å². The quantitative estimate of drug-likeness (QED) is 0.648. The van der Waals surface area contributed by atoms with Crippen molar-refractivity contribution in [1.82, 2.24) is 30.1 Å². The van der Waals surface area contributed by atoms with Crippen LogP contribution >= 0.6 is 0 Å². The molecule has 4 rings (SSSR count). The van der Waals surface area contributed by atoms with Crippen molar-refractivity contribution in [3.8, 4) is 0 Å². The molecule has 1 aliphatic rings. The molecule has 2 aromatic heterocycles. The Morgan fingerprint density at radius 3 is 2.61 bits per heavy atom. The average molecular weight is 423 g/mol. The zero-order chi connectivity index (χ0) is 22.2. The monoisotopic (exact) mass is 422 g/mol. The maximum absolute atomic E-state index is 13.3. The lowest BCUT2D eigenvalue weighted by Gasteiger charge is -2.37. The molecule has 0 spiro atoms. The predicted octanol–water partition coefficient (Wildman–Crippen LogP) is 4.04. The van der Waals surface area contributed by atoms with Crippen molar-refractivity contribution in [2.24, 2.45) is 5.92 Å². The first-order valence-electron chi connectivity index (χ1n) is 11.5. The lowest BCUT2D eigenvalue weighted by atomic mass is 9.94. The van der Waals surface area contributed by atoms with Crippen LogP contribution in [0.1, 0.15) is 76.9 Å². The van der Waals surface area contributed by atoms with E-state index < -0.39 is 0 Å². The highest BCUT2D eigenvalue weighted by molar-refractivity contribution is 5.80. The fraction of sp³-hybridized carbons (Fsp3) is 0.583. The van der Waals surface area contributed by atoms with Crippen LogP contribution in [0.5, 0.6) is 0 Å². The summed E-state index contributed by atoms with van der Waals surface area (Å²) in [7, 11) is 0. The van der Waals surface area contributed by atoms with Gasteiger partial charge in [-0.05, 0) is 98.1 Å². The molecule has 3 aromatic rings. The molecule has 0 amide bonds. The van der Waals surface area contributed by atoms with Crippen LogP contribution in [0.3, 0.4) is 0 Å². The number of aromatic amines is 1. The van der Waals surface area contributed by atoms with E-state index in [0.717, 1.165) is 61.1 Å². The maximum atomic E-state index is 13.3. The number of likely N-dealkylation sites (tertiary alicyclic amines) is 1. The molecular weight excluding hydrogens is 388 g/mol. The number of tetrazole rings is 1. The van der Waals surface area contributed by atoms with Crippen molar-refractivity contribution in [2.75, 3.05) is 13.1 Å². The van der Waals surface area contributed by atoms with Crippen LogP contribution in [0.25, 0.3) is 10.9 Å². The van der Waals surface area contributed by atoms with Crippen molar-refractivity contribution >= 4 is 10.9 Å². The van der Waals surface area contributed by atoms with Crippen LogP contribution < -0.4 is 5.56 Å². The van der Waals surface area contributed by atoms with E-state index in [2.05, 4.69) is 72.2 Å². The van der Waals surface area contributed by atoms with Gasteiger partial charge in [-0.1, -0.05) is 26.8 Å². The molecule has 31 heavy (non-hydrogen) atoms. The van der Waals surface area contributed by atoms with Crippen LogP contribution in [-0.4, -0.2) is 43.2 Å². The predicted molar refractivity (Wildman–Crippen MR) is 123 cm³/mol. The molecule has 1 fully saturated rings. The van der Waals surface area contributed by atoms with Gasteiger partial charge >= 0.3 is 0 Å². The van der Waals surface area contributed by atoms with E-state index in [1.165, 1.54) is 5.56 Å². The normalized spacial score (nSPS) is 17.3. The summed E-state index contributed by atoms with van der Waals surface area (Å²) in [5.74, 6) is 1.44. The van der Waals surface area contributed by atoms with E-state index in [9.17, 15) is 4.79 Å². The third kappa shape index (κ3) is 4.15. The zero-order valence-corrected chi connectivity index (χ0v) is 19.4. The Labute approximate surface area is 183 Å². The van der Waals surface area contributed by atoms with E-state index in [-0.39, 0.29) is 17.1 Å². The van der Waals surface area contributed by atoms with Crippen LogP contribution in [0.4, 0.5) is 0 Å². The summed E-state index contributed by atoms with van der Waals surface area (Å²) in [6.45, 7) is 12.7. The van der Waals surface area contributed by atoms with Crippen molar-refractivity contribution in [3.63, 3.8) is 0 Å². The minimum Gasteiger partial charge on any atom is -0.322 e. The SMILES string of the molecule is CCc1ccc2[nH]c(=O)c([C@@H](c3nnnn3C(C)(C)CC)N3CCC(C)CC3)cc2c1. The standard InChI is InChI=1S/C24H34N6O/c1-6-17-8-9-20-18(14-17)15-19(23(31)25-20)21(29-12-10-16(3)11-13-29)22-26-27-28-30(22)24(4,5)7-2/h8-9,14-16,21H,6-7,10-13H2,1-5H3,(H,25,31)/t21-/m0/s1. The number of benzene rings is 1. The first-order chi connectivity index (χ1) is 14.8. The summed E-state index contributed by atoms with van der Waals surface area (Å²) in [5, 5.41) is 13.9. The van der Waals surface area contributed by atoms with Gasteiger partial charge in [0.1, 0.15) is 6.04 Å². The summed E-state index contributed by atoms with van der Waals surface area (Å²) in [5.41, 5.74) is 2.54. The third-order valence-electron chi connectivity index (χ3n) is 7.00. The molecule has 3 heterocycles. The fourth-order valence-corrected chi connectivity index (χ4v) is 4.43. The van der Waals surface area contributed by atoms with Gasteiger partial charge in [0.2, 0.25) is 0 Å². The maximum Gasteiger partial charge on any atom is 0.253 e. The van der Waals surface area contributed by atoms with E-state index in [4.69, 9.17) is 0 Å². The number of hydrogen-bond acceptors (Lipinski definition) is 5. The summed E-state index contributed by atoms with van der Waals surface area (Å²) < 4.78 is 1.92. The molecule has 1 atom stereocenters. The smallest absolute Gasteiger partial charge is 0.253 e. The highest BCUT2D eigenvalue weighted by atomic mass is 16.1. The van der Waals surface area contributed by atoms with Gasteiger partial charge in [0.15, 0.2) is 5.82 Å². The molecule has 0 bridgehead atoms. The first kappa shape index (κ1) is 21.7. The average Bonchev–Trinajstić information content (AvgIpc) is 3.25. The van der Waals surface area contributed by atoms with Crippen LogP contribution in [-0.2, 0) is 12.0 Å². The first-order valence-corrected chi connectivity index (χ1v) is 11.5. The highest BCUT2D eigenvalue weighted by Gasteiger charge is 2.35. The van der Waals surface area contributed by atoms with Gasteiger partial charge < -0.3 is 4.98 Å². The molecule has 0 unspecified atom stereocenters. The van der Waals surface area contributed by atoms with Crippen molar-refractivity contribution in [3.05, 3.63) is 51.6 Å². The fourth-order valence-electron chi connectivity index (χ4n) is 4.43. The Balaban J connectivity index is 1.89. The number of nitrogens with zero attached hydrogens (tertiary/aromatic N) is 5. The van der Waals surface area contributed by atoms with Crippen molar-refractivity contribution in [1.29, 1.82) is 0 Å². The lowest BCUT2D eigenvalue weighted by molar-refractivity contribution is 0.143. The second-order valence-corrected chi connectivity index (χ2v) is 9.56. The molecule has 7 heteroatoms. The summed E-state index contributed by atoms with van der Waals surface area (Å²) in [4.78, 5) is 18.8. The minimum atomic E-state index is -0.272. The van der Waals surface area contributed by atoms with Gasteiger partial charge in [-0.2, -0.15) is 0 Å². The second kappa shape index (κ2) is 8.54.